The highest BCUT2D eigenvalue weighted by Gasteiger charge is 2.37. The van der Waals surface area contributed by atoms with Crippen molar-refractivity contribution in [2.75, 3.05) is 20.2 Å². The van der Waals surface area contributed by atoms with Gasteiger partial charge in [0.15, 0.2) is 0 Å². The highest BCUT2D eigenvalue weighted by molar-refractivity contribution is 5.93. The van der Waals surface area contributed by atoms with Crippen LogP contribution >= 0.6 is 0 Å². The highest BCUT2D eigenvalue weighted by Crippen LogP contribution is 2.27. The number of amides is 3. The van der Waals surface area contributed by atoms with Crippen LogP contribution in [0.4, 0.5) is 4.79 Å². The number of hydrogen-bond acceptors (Lipinski definition) is 6. The SMILES string of the molecule is CCCCCCCCN(C(=O)C(NC(=O)OC(C)(C)C)C(C)C)C(C(=O)NCC(=O)OC)c1cc(C)cc(C)c1. The van der Waals surface area contributed by atoms with Crippen molar-refractivity contribution >= 4 is 23.9 Å². The molecule has 0 spiro atoms. The molecule has 1 aromatic rings. The zero-order valence-corrected chi connectivity index (χ0v) is 26.0. The molecule has 226 valence electrons. The summed E-state index contributed by atoms with van der Waals surface area (Å²) in [6.07, 6.45) is 5.32. The number of methoxy groups -OCH3 is 1. The van der Waals surface area contributed by atoms with Gasteiger partial charge in [-0.25, -0.2) is 4.79 Å². The van der Waals surface area contributed by atoms with Crippen molar-refractivity contribution in [2.45, 2.75) is 112 Å². The topological polar surface area (TPSA) is 114 Å². The lowest BCUT2D eigenvalue weighted by atomic mass is 9.96. The van der Waals surface area contributed by atoms with Gasteiger partial charge in [0.2, 0.25) is 11.8 Å². The van der Waals surface area contributed by atoms with Crippen LogP contribution in [0.2, 0.25) is 0 Å². The molecule has 2 atom stereocenters. The van der Waals surface area contributed by atoms with Crippen molar-refractivity contribution in [1.29, 1.82) is 0 Å². The molecule has 0 aliphatic carbocycles. The number of unbranched alkanes of at least 4 members (excludes halogenated alkanes) is 5. The van der Waals surface area contributed by atoms with Crippen molar-refractivity contribution in [1.82, 2.24) is 15.5 Å². The second kappa shape index (κ2) is 16.9. The third-order valence-electron chi connectivity index (χ3n) is 6.40. The smallest absolute Gasteiger partial charge is 0.408 e. The Bertz CT molecular complexity index is 966. The minimum atomic E-state index is -1.01. The van der Waals surface area contributed by atoms with Gasteiger partial charge < -0.3 is 25.0 Å². The predicted molar refractivity (Wildman–Crippen MR) is 157 cm³/mol. The number of esters is 1. The van der Waals surface area contributed by atoms with E-state index in [0.29, 0.717) is 18.5 Å². The number of carbonyl (C=O) groups excluding carboxylic acids is 4. The molecule has 0 fully saturated rings. The highest BCUT2D eigenvalue weighted by atomic mass is 16.6. The summed E-state index contributed by atoms with van der Waals surface area (Å²) in [5, 5.41) is 5.39. The number of benzene rings is 1. The van der Waals surface area contributed by atoms with Crippen LogP contribution in [0.1, 0.15) is 103 Å². The van der Waals surface area contributed by atoms with E-state index in [0.717, 1.165) is 43.2 Å². The Morgan fingerprint density at radius 3 is 2.02 bits per heavy atom. The monoisotopic (exact) mass is 561 g/mol. The van der Waals surface area contributed by atoms with Gasteiger partial charge in [-0.15, -0.1) is 0 Å². The van der Waals surface area contributed by atoms with E-state index in [1.807, 2.05) is 45.9 Å². The fourth-order valence-corrected chi connectivity index (χ4v) is 4.52. The molecular weight excluding hydrogens is 510 g/mol. The van der Waals surface area contributed by atoms with Gasteiger partial charge in [0.25, 0.3) is 0 Å². The van der Waals surface area contributed by atoms with Crippen molar-refractivity contribution in [3.05, 3.63) is 34.9 Å². The Morgan fingerprint density at radius 2 is 1.50 bits per heavy atom. The first-order valence-electron chi connectivity index (χ1n) is 14.4. The van der Waals surface area contributed by atoms with E-state index >= 15 is 0 Å². The van der Waals surface area contributed by atoms with Gasteiger partial charge in [-0.1, -0.05) is 82.2 Å². The van der Waals surface area contributed by atoms with Gasteiger partial charge in [-0.05, 0) is 52.5 Å². The van der Waals surface area contributed by atoms with Crippen molar-refractivity contribution in [3.63, 3.8) is 0 Å². The van der Waals surface area contributed by atoms with Crippen LogP contribution in [0.25, 0.3) is 0 Å². The van der Waals surface area contributed by atoms with E-state index in [-0.39, 0.29) is 18.4 Å². The van der Waals surface area contributed by atoms with Crippen LogP contribution in [0.3, 0.4) is 0 Å². The Balaban J connectivity index is 3.49. The summed E-state index contributed by atoms with van der Waals surface area (Å²) in [7, 11) is 1.25. The van der Waals surface area contributed by atoms with Gasteiger partial charge in [0.1, 0.15) is 24.2 Å². The maximum atomic E-state index is 14.2. The first-order chi connectivity index (χ1) is 18.7. The largest absolute Gasteiger partial charge is 0.468 e. The van der Waals surface area contributed by atoms with Crippen LogP contribution < -0.4 is 10.6 Å². The lowest BCUT2D eigenvalue weighted by Gasteiger charge is -2.36. The number of alkyl carbamates (subject to hydrolysis) is 1. The minimum Gasteiger partial charge on any atom is -0.468 e. The van der Waals surface area contributed by atoms with E-state index in [9.17, 15) is 19.2 Å². The summed E-state index contributed by atoms with van der Waals surface area (Å²) in [6.45, 7) is 15.0. The van der Waals surface area contributed by atoms with Gasteiger partial charge in [-0.3, -0.25) is 14.4 Å². The number of hydrogen-bond donors (Lipinski definition) is 2. The van der Waals surface area contributed by atoms with Crippen LogP contribution in [-0.4, -0.2) is 60.6 Å². The second-order valence-corrected chi connectivity index (χ2v) is 11.8. The summed E-state index contributed by atoms with van der Waals surface area (Å²) in [5.74, 6) is -1.74. The summed E-state index contributed by atoms with van der Waals surface area (Å²) in [5.41, 5.74) is 1.79. The van der Waals surface area contributed by atoms with Crippen molar-refractivity contribution in [2.24, 2.45) is 5.92 Å². The third-order valence-corrected chi connectivity index (χ3v) is 6.40. The minimum absolute atomic E-state index is 0.273. The fourth-order valence-electron chi connectivity index (χ4n) is 4.52. The average Bonchev–Trinajstić information content (AvgIpc) is 2.84. The van der Waals surface area contributed by atoms with Gasteiger partial charge in [-0.2, -0.15) is 0 Å². The molecule has 40 heavy (non-hydrogen) atoms. The molecule has 2 N–H and O–H groups in total. The lowest BCUT2D eigenvalue weighted by molar-refractivity contribution is -0.145. The van der Waals surface area contributed by atoms with Crippen LogP contribution in [0.15, 0.2) is 18.2 Å². The number of carbonyl (C=O) groups is 4. The van der Waals surface area contributed by atoms with E-state index in [4.69, 9.17) is 9.47 Å². The molecule has 9 nitrogen and oxygen atoms in total. The number of nitrogens with zero attached hydrogens (tertiary/aromatic N) is 1. The van der Waals surface area contributed by atoms with Crippen molar-refractivity contribution in [3.8, 4) is 0 Å². The fraction of sp³-hybridized carbons (Fsp3) is 0.677. The molecule has 1 rings (SSSR count). The zero-order valence-electron chi connectivity index (χ0n) is 26.0. The molecule has 0 saturated heterocycles. The number of ether oxygens (including phenoxy) is 2. The van der Waals surface area contributed by atoms with Crippen molar-refractivity contribution < 1.29 is 28.7 Å². The number of aryl methyl sites for hydroxylation is 2. The van der Waals surface area contributed by atoms with Gasteiger partial charge in [0, 0.05) is 6.54 Å². The molecule has 0 saturated carbocycles. The van der Waals surface area contributed by atoms with Gasteiger partial charge in [0.05, 0.1) is 7.11 Å². The van der Waals surface area contributed by atoms with E-state index in [2.05, 4.69) is 17.6 Å². The predicted octanol–water partition coefficient (Wildman–Crippen LogP) is 5.37. The first-order valence-corrected chi connectivity index (χ1v) is 14.4. The second-order valence-electron chi connectivity index (χ2n) is 11.8. The maximum Gasteiger partial charge on any atom is 0.408 e. The normalized spacial score (nSPS) is 12.8. The molecule has 0 aromatic heterocycles. The van der Waals surface area contributed by atoms with Crippen LogP contribution in [0, 0.1) is 19.8 Å². The molecule has 0 radical (unpaired) electrons. The standard InChI is InChI=1S/C31H51N3O6/c1-10-11-12-13-14-15-16-34(29(37)26(21(2)3)33-30(38)40-31(6,7)8)27(28(36)32-20-25(35)39-9)24-18-22(4)17-23(5)19-24/h17-19,21,26-27H,10-16,20H2,1-9H3,(H,32,36)(H,33,38). The summed E-state index contributed by atoms with van der Waals surface area (Å²) in [4.78, 5) is 54.0. The Labute approximate surface area is 240 Å². The summed E-state index contributed by atoms with van der Waals surface area (Å²) < 4.78 is 10.1. The molecule has 0 bridgehead atoms. The molecule has 0 aliphatic heterocycles. The zero-order chi connectivity index (χ0) is 30.5. The molecule has 9 heteroatoms. The van der Waals surface area contributed by atoms with Crippen LogP contribution in [-0.2, 0) is 23.9 Å². The Morgan fingerprint density at radius 1 is 0.925 bits per heavy atom. The third kappa shape index (κ3) is 12.4. The molecule has 0 heterocycles. The molecular formula is C31H51N3O6. The quantitative estimate of drug-likeness (QED) is 0.220. The lowest BCUT2D eigenvalue weighted by Crippen LogP contribution is -2.55. The molecule has 3 amide bonds. The van der Waals surface area contributed by atoms with E-state index in [1.54, 1.807) is 25.7 Å². The average molecular weight is 562 g/mol. The van der Waals surface area contributed by atoms with Gasteiger partial charge >= 0.3 is 12.1 Å². The Kier molecular flexibility index (Phi) is 14.7. The first kappa shape index (κ1) is 34.9. The number of nitrogens with one attached hydrogen (secondary N) is 2. The molecule has 0 aliphatic rings. The van der Waals surface area contributed by atoms with E-state index < -0.39 is 35.7 Å². The molecule has 1 aromatic carbocycles. The van der Waals surface area contributed by atoms with Crippen LogP contribution in [0.5, 0.6) is 0 Å². The Hall–Kier alpha value is -3.10. The summed E-state index contributed by atoms with van der Waals surface area (Å²) in [6, 6.07) is 3.82. The van der Waals surface area contributed by atoms with E-state index in [1.165, 1.54) is 7.11 Å². The summed E-state index contributed by atoms with van der Waals surface area (Å²) >= 11 is 0. The molecule has 2 unspecified atom stereocenters. The maximum absolute atomic E-state index is 14.2. The number of rotatable bonds is 15.